The van der Waals surface area contributed by atoms with Crippen molar-refractivity contribution in [2.75, 3.05) is 5.75 Å². The molecule has 0 saturated carbocycles. The number of carbonyl (C=O) groups is 3. The zero-order valence-corrected chi connectivity index (χ0v) is 19.1. The Balaban J connectivity index is 1.48. The third-order valence-electron chi connectivity index (χ3n) is 5.23. The molecule has 1 aliphatic rings. The molecular weight excluding hydrogens is 434 g/mol. The van der Waals surface area contributed by atoms with Crippen molar-refractivity contribution in [3.63, 3.8) is 0 Å². The van der Waals surface area contributed by atoms with Crippen LogP contribution in [-0.4, -0.2) is 38.6 Å². The summed E-state index contributed by atoms with van der Waals surface area (Å²) in [5.74, 6) is -0.380. The summed E-state index contributed by atoms with van der Waals surface area (Å²) in [5.41, 5.74) is 2.92. The minimum absolute atomic E-state index is 0.000993. The van der Waals surface area contributed by atoms with Gasteiger partial charge in [0.25, 0.3) is 5.91 Å². The Bertz CT molecular complexity index is 1210. The van der Waals surface area contributed by atoms with Gasteiger partial charge < -0.3 is 5.32 Å². The number of carbonyl (C=O) groups excluding carboxylic acids is 3. The Labute approximate surface area is 187 Å². The number of aromatic nitrogens is 2. The zero-order valence-electron chi connectivity index (χ0n) is 17.5. The second kappa shape index (κ2) is 7.93. The van der Waals surface area contributed by atoms with E-state index < -0.39 is 23.4 Å². The van der Waals surface area contributed by atoms with Crippen LogP contribution < -0.4 is 10.7 Å². The Morgan fingerprint density at radius 3 is 2.61 bits per heavy atom. The second-order valence-electron chi connectivity index (χ2n) is 7.42. The predicted octanol–water partition coefficient (Wildman–Crippen LogP) is 3.21. The number of benzene rings is 1. The Kier molecular flexibility index (Phi) is 5.44. The molecule has 0 radical (unpaired) electrons. The van der Waals surface area contributed by atoms with Crippen molar-refractivity contribution in [2.24, 2.45) is 0 Å². The van der Waals surface area contributed by atoms with Crippen LogP contribution in [0.15, 0.2) is 35.4 Å². The van der Waals surface area contributed by atoms with Crippen molar-refractivity contribution in [3.8, 4) is 0 Å². The number of hydrogen-bond donors (Lipinski definition) is 2. The van der Waals surface area contributed by atoms with Crippen LogP contribution in [0, 0.1) is 20.8 Å². The number of amides is 4. The SMILES string of the molecule is Cc1nc(SCC(=O)NN2C(=O)N[C@](C)(c3ccccc3)C2=O)c2c(C)c(C)sc2n1. The summed E-state index contributed by atoms with van der Waals surface area (Å²) < 4.78 is 0. The van der Waals surface area contributed by atoms with Gasteiger partial charge in [-0.05, 0) is 38.8 Å². The number of rotatable bonds is 5. The number of hydrazine groups is 1. The molecule has 0 spiro atoms. The van der Waals surface area contributed by atoms with Crippen molar-refractivity contribution in [1.82, 2.24) is 25.7 Å². The van der Waals surface area contributed by atoms with E-state index in [4.69, 9.17) is 0 Å². The molecule has 1 aromatic carbocycles. The lowest BCUT2D eigenvalue weighted by Gasteiger charge is -2.22. The molecule has 8 nitrogen and oxygen atoms in total. The Morgan fingerprint density at radius 1 is 1.19 bits per heavy atom. The van der Waals surface area contributed by atoms with Crippen LogP contribution >= 0.6 is 23.1 Å². The van der Waals surface area contributed by atoms with Crippen molar-refractivity contribution >= 4 is 51.2 Å². The Hall–Kier alpha value is -2.98. The molecule has 1 fully saturated rings. The van der Waals surface area contributed by atoms with E-state index in [1.54, 1.807) is 42.5 Å². The number of fused-ring (bicyclic) bond motifs is 1. The molecule has 10 heteroatoms. The standard InChI is InChI=1S/C21H21N5O3S2/c1-11-12(2)31-18-16(11)17(22-13(3)23-18)30-10-15(27)25-26-19(28)21(4,24-20(26)29)14-8-6-5-7-9-14/h5-9H,10H2,1-4H3,(H,24,29)(H,25,27)/t21-/m1/s1. The van der Waals surface area contributed by atoms with Gasteiger partial charge in [0, 0.05) is 10.3 Å². The molecule has 1 atom stereocenters. The molecule has 0 unspecified atom stereocenters. The normalized spacial score (nSPS) is 18.5. The van der Waals surface area contributed by atoms with Gasteiger partial charge in [-0.3, -0.25) is 15.0 Å². The van der Waals surface area contributed by atoms with Gasteiger partial charge in [-0.1, -0.05) is 42.1 Å². The summed E-state index contributed by atoms with van der Waals surface area (Å²) >= 11 is 2.85. The highest BCUT2D eigenvalue weighted by atomic mass is 32.2. The molecule has 2 aromatic heterocycles. The summed E-state index contributed by atoms with van der Waals surface area (Å²) in [6, 6.07) is 8.25. The summed E-state index contributed by atoms with van der Waals surface area (Å²) in [4.78, 5) is 48.9. The maximum absolute atomic E-state index is 12.9. The molecule has 31 heavy (non-hydrogen) atoms. The van der Waals surface area contributed by atoms with Gasteiger partial charge in [0.1, 0.15) is 21.2 Å². The van der Waals surface area contributed by atoms with Crippen LogP contribution in [-0.2, 0) is 15.1 Å². The molecule has 4 rings (SSSR count). The highest BCUT2D eigenvalue weighted by Crippen LogP contribution is 2.35. The van der Waals surface area contributed by atoms with E-state index in [1.165, 1.54) is 11.8 Å². The molecule has 1 saturated heterocycles. The van der Waals surface area contributed by atoms with Gasteiger partial charge in [-0.25, -0.2) is 14.8 Å². The van der Waals surface area contributed by atoms with Crippen LogP contribution in [0.1, 0.15) is 28.8 Å². The van der Waals surface area contributed by atoms with Crippen LogP contribution in [0.25, 0.3) is 10.2 Å². The summed E-state index contributed by atoms with van der Waals surface area (Å²) in [6.45, 7) is 7.46. The Morgan fingerprint density at radius 2 is 1.90 bits per heavy atom. The zero-order chi connectivity index (χ0) is 22.3. The number of aryl methyl sites for hydroxylation is 3. The first kappa shape index (κ1) is 21.3. The van der Waals surface area contributed by atoms with E-state index >= 15 is 0 Å². The maximum atomic E-state index is 12.9. The van der Waals surface area contributed by atoms with Gasteiger partial charge >= 0.3 is 6.03 Å². The van der Waals surface area contributed by atoms with Crippen LogP contribution in [0.2, 0.25) is 0 Å². The third-order valence-corrected chi connectivity index (χ3v) is 7.30. The fourth-order valence-electron chi connectivity index (χ4n) is 3.42. The van der Waals surface area contributed by atoms with Crippen LogP contribution in [0.3, 0.4) is 0 Å². The second-order valence-corrected chi connectivity index (χ2v) is 9.59. The number of nitrogens with zero attached hydrogens (tertiary/aromatic N) is 3. The lowest BCUT2D eigenvalue weighted by atomic mass is 9.92. The van der Waals surface area contributed by atoms with Gasteiger partial charge in [0.05, 0.1) is 5.75 Å². The van der Waals surface area contributed by atoms with E-state index in [0.29, 0.717) is 16.4 Å². The first-order chi connectivity index (χ1) is 14.7. The van der Waals surface area contributed by atoms with Gasteiger partial charge in [-0.2, -0.15) is 5.01 Å². The highest BCUT2D eigenvalue weighted by Gasteiger charge is 2.49. The molecule has 0 bridgehead atoms. The van der Waals surface area contributed by atoms with Gasteiger partial charge in [-0.15, -0.1) is 11.3 Å². The van der Waals surface area contributed by atoms with E-state index in [-0.39, 0.29) is 5.75 Å². The first-order valence-electron chi connectivity index (χ1n) is 9.59. The summed E-state index contributed by atoms with van der Waals surface area (Å²) in [5, 5.41) is 5.07. The molecule has 1 aliphatic heterocycles. The summed E-state index contributed by atoms with van der Waals surface area (Å²) in [6.07, 6.45) is 0. The minimum Gasteiger partial charge on any atom is -0.318 e. The number of nitrogens with one attached hydrogen (secondary N) is 2. The first-order valence-corrected chi connectivity index (χ1v) is 11.4. The molecule has 3 aromatic rings. The predicted molar refractivity (Wildman–Crippen MR) is 120 cm³/mol. The average Bonchev–Trinajstić information content (AvgIpc) is 3.14. The highest BCUT2D eigenvalue weighted by molar-refractivity contribution is 8.00. The van der Waals surface area contributed by atoms with Crippen molar-refractivity contribution in [2.45, 2.75) is 38.3 Å². The molecule has 0 aliphatic carbocycles. The van der Waals surface area contributed by atoms with Crippen molar-refractivity contribution in [1.29, 1.82) is 0 Å². The topological polar surface area (TPSA) is 104 Å². The number of urea groups is 1. The lowest BCUT2D eigenvalue weighted by Crippen LogP contribution is -2.48. The monoisotopic (exact) mass is 455 g/mol. The van der Waals surface area contributed by atoms with E-state index in [1.807, 2.05) is 26.8 Å². The summed E-state index contributed by atoms with van der Waals surface area (Å²) in [7, 11) is 0. The maximum Gasteiger partial charge on any atom is 0.344 e. The van der Waals surface area contributed by atoms with E-state index in [9.17, 15) is 14.4 Å². The van der Waals surface area contributed by atoms with Gasteiger partial charge in [0.15, 0.2) is 0 Å². The number of thiophene rings is 1. The van der Waals surface area contributed by atoms with Crippen molar-refractivity contribution in [3.05, 3.63) is 52.2 Å². The molecular formula is C21H21N5O3S2. The average molecular weight is 456 g/mol. The smallest absolute Gasteiger partial charge is 0.318 e. The molecule has 4 amide bonds. The molecule has 160 valence electrons. The number of hydrogen-bond acceptors (Lipinski definition) is 7. The fraction of sp³-hybridized carbons (Fsp3) is 0.286. The van der Waals surface area contributed by atoms with Crippen LogP contribution in [0.4, 0.5) is 4.79 Å². The largest absolute Gasteiger partial charge is 0.344 e. The van der Waals surface area contributed by atoms with E-state index in [2.05, 4.69) is 20.7 Å². The van der Waals surface area contributed by atoms with Gasteiger partial charge in [0.2, 0.25) is 5.91 Å². The minimum atomic E-state index is -1.24. The third kappa shape index (κ3) is 3.77. The number of imide groups is 1. The van der Waals surface area contributed by atoms with Crippen molar-refractivity contribution < 1.29 is 14.4 Å². The molecule has 2 N–H and O–H groups in total. The molecule has 3 heterocycles. The number of thioether (sulfide) groups is 1. The van der Waals surface area contributed by atoms with Crippen LogP contribution in [0.5, 0.6) is 0 Å². The lowest BCUT2D eigenvalue weighted by molar-refractivity contribution is -0.138. The quantitative estimate of drug-likeness (QED) is 0.348. The fourth-order valence-corrected chi connectivity index (χ4v) is 5.48. The van der Waals surface area contributed by atoms with E-state index in [0.717, 1.165) is 25.7 Å².